The van der Waals surface area contributed by atoms with Gasteiger partial charge in [-0.15, -0.1) is 0 Å². The first kappa shape index (κ1) is 27.5. The fraction of sp³-hybridized carbons (Fsp3) is 0.0233. The fourth-order valence-electron chi connectivity index (χ4n) is 6.78. The summed E-state index contributed by atoms with van der Waals surface area (Å²) in [5.41, 5.74) is 11.6. The maximum atomic E-state index is 3.89. The average Bonchev–Trinajstić information content (AvgIpc) is 3.60. The molecule has 0 unspecified atom stereocenters. The van der Waals surface area contributed by atoms with E-state index in [1.165, 1.54) is 38.3 Å². The van der Waals surface area contributed by atoms with Crippen molar-refractivity contribution in [2.75, 3.05) is 4.90 Å². The molecule has 0 aliphatic rings. The first-order valence-electron chi connectivity index (χ1n) is 15.7. The fourth-order valence-corrected chi connectivity index (χ4v) is 6.78. The van der Waals surface area contributed by atoms with Crippen molar-refractivity contribution in [3.8, 4) is 11.4 Å². The molecular formula is C43H33N3. The van der Waals surface area contributed by atoms with Gasteiger partial charge in [0, 0.05) is 50.3 Å². The molecule has 2 heterocycles. The zero-order chi connectivity index (χ0) is 31.0. The zero-order valence-corrected chi connectivity index (χ0v) is 25.7. The number of rotatable bonds is 7. The second-order valence-corrected chi connectivity index (χ2v) is 11.5. The van der Waals surface area contributed by atoms with E-state index in [1.54, 1.807) is 0 Å². The minimum atomic E-state index is 1.09. The molecule has 0 saturated heterocycles. The molecule has 0 N–H and O–H groups in total. The Labute approximate surface area is 269 Å². The summed E-state index contributed by atoms with van der Waals surface area (Å²) in [6.07, 6.45) is 5.98. The van der Waals surface area contributed by atoms with E-state index in [-0.39, 0.29) is 0 Å². The van der Waals surface area contributed by atoms with Gasteiger partial charge in [0.2, 0.25) is 0 Å². The third-order valence-electron chi connectivity index (χ3n) is 8.89. The highest BCUT2D eigenvalue weighted by atomic mass is 15.1. The van der Waals surface area contributed by atoms with Crippen LogP contribution in [-0.2, 0) is 0 Å². The van der Waals surface area contributed by atoms with Crippen molar-refractivity contribution in [3.05, 3.63) is 182 Å². The Balaban J connectivity index is 1.22. The van der Waals surface area contributed by atoms with Crippen molar-refractivity contribution < 1.29 is 0 Å². The van der Waals surface area contributed by atoms with Crippen molar-refractivity contribution in [3.63, 3.8) is 0 Å². The quantitative estimate of drug-likeness (QED) is 0.168. The van der Waals surface area contributed by atoms with Gasteiger partial charge >= 0.3 is 0 Å². The highest BCUT2D eigenvalue weighted by molar-refractivity contribution is 6.09. The lowest BCUT2D eigenvalue weighted by Crippen LogP contribution is -2.10. The Morgan fingerprint density at radius 3 is 1.46 bits per heavy atom. The van der Waals surface area contributed by atoms with Crippen molar-refractivity contribution in [1.82, 2.24) is 9.13 Å². The maximum absolute atomic E-state index is 3.89. The van der Waals surface area contributed by atoms with Crippen LogP contribution in [0.5, 0.6) is 0 Å². The Morgan fingerprint density at radius 2 is 0.913 bits per heavy atom. The molecule has 220 valence electrons. The molecule has 0 radical (unpaired) electrons. The lowest BCUT2D eigenvalue weighted by atomic mass is 10.1. The smallest absolute Gasteiger partial charge is 0.0541 e. The standard InChI is InChI=1S/C43H33N3/c1-3-4-19-40-31(2)37-16-8-11-20-41(37)45(40)35-27-23-33(24-28-35)44(32-14-6-5-7-15-32)34-25-29-36(30-26-34)46-42-21-12-9-17-38(42)39-18-10-13-22-43(39)46/h3-30H,1H2,2H3/b19-4-. The second kappa shape index (κ2) is 11.5. The van der Waals surface area contributed by atoms with Crippen LogP contribution in [-0.4, -0.2) is 9.13 Å². The highest BCUT2D eigenvalue weighted by Crippen LogP contribution is 2.38. The van der Waals surface area contributed by atoms with Crippen LogP contribution in [0.25, 0.3) is 50.2 Å². The van der Waals surface area contributed by atoms with E-state index in [2.05, 4.69) is 185 Å². The van der Waals surface area contributed by atoms with Gasteiger partial charge in [-0.3, -0.25) is 0 Å². The molecule has 0 bridgehead atoms. The lowest BCUT2D eigenvalue weighted by molar-refractivity contribution is 1.09. The third kappa shape index (κ3) is 4.53. The summed E-state index contributed by atoms with van der Waals surface area (Å²) >= 11 is 0. The van der Waals surface area contributed by atoms with Crippen LogP contribution in [0.3, 0.4) is 0 Å². The summed E-state index contributed by atoms with van der Waals surface area (Å²) in [6.45, 7) is 6.08. The van der Waals surface area contributed by atoms with Crippen LogP contribution >= 0.6 is 0 Å². The van der Waals surface area contributed by atoms with Crippen molar-refractivity contribution in [1.29, 1.82) is 0 Å². The van der Waals surface area contributed by atoms with Crippen molar-refractivity contribution in [2.45, 2.75) is 6.92 Å². The van der Waals surface area contributed by atoms with E-state index in [1.807, 2.05) is 12.2 Å². The zero-order valence-electron chi connectivity index (χ0n) is 25.7. The minimum absolute atomic E-state index is 1.09. The van der Waals surface area contributed by atoms with E-state index in [9.17, 15) is 0 Å². The molecule has 8 aromatic rings. The van der Waals surface area contributed by atoms with Gasteiger partial charge in [-0.05, 0) is 97.4 Å². The summed E-state index contributed by atoms with van der Waals surface area (Å²) < 4.78 is 4.69. The van der Waals surface area contributed by atoms with Crippen LogP contribution in [0.15, 0.2) is 170 Å². The predicted octanol–water partition coefficient (Wildman–Crippen LogP) is 11.7. The Kier molecular flexibility index (Phi) is 6.85. The van der Waals surface area contributed by atoms with Gasteiger partial charge < -0.3 is 14.0 Å². The molecule has 0 saturated carbocycles. The Hall–Kier alpha value is -6.06. The molecule has 3 nitrogen and oxygen atoms in total. The number of allylic oxidation sites excluding steroid dienone is 2. The SMILES string of the molecule is C=C/C=C\c1c(C)c2ccccc2n1-c1ccc(N(c2ccccc2)c2ccc(-n3c4ccccc4c4ccccc43)cc2)cc1. The molecule has 3 heteroatoms. The Morgan fingerprint density at radius 1 is 0.478 bits per heavy atom. The van der Waals surface area contributed by atoms with E-state index in [0.29, 0.717) is 0 Å². The van der Waals surface area contributed by atoms with Crippen molar-refractivity contribution in [2.24, 2.45) is 0 Å². The third-order valence-corrected chi connectivity index (χ3v) is 8.89. The van der Waals surface area contributed by atoms with E-state index >= 15 is 0 Å². The van der Waals surface area contributed by atoms with Crippen LogP contribution in [0.2, 0.25) is 0 Å². The highest BCUT2D eigenvalue weighted by Gasteiger charge is 2.17. The molecule has 0 aliphatic carbocycles. The molecular weight excluding hydrogens is 558 g/mol. The van der Waals surface area contributed by atoms with Gasteiger partial charge in [0.1, 0.15) is 0 Å². The molecule has 0 aliphatic heterocycles. The van der Waals surface area contributed by atoms with Crippen molar-refractivity contribution >= 4 is 55.8 Å². The average molecular weight is 592 g/mol. The van der Waals surface area contributed by atoms with Gasteiger partial charge in [-0.1, -0.05) is 91.5 Å². The second-order valence-electron chi connectivity index (χ2n) is 11.5. The molecule has 0 fully saturated rings. The number of aromatic nitrogens is 2. The number of nitrogens with zero attached hydrogens (tertiary/aromatic N) is 3. The summed E-state index contributed by atoms with van der Waals surface area (Å²) in [4.78, 5) is 2.32. The van der Waals surface area contributed by atoms with Crippen LogP contribution in [0.4, 0.5) is 17.1 Å². The van der Waals surface area contributed by atoms with Gasteiger partial charge in [0.05, 0.1) is 16.6 Å². The Bertz CT molecular complexity index is 2320. The molecule has 2 aromatic heterocycles. The van der Waals surface area contributed by atoms with Gasteiger partial charge in [-0.25, -0.2) is 0 Å². The largest absolute Gasteiger partial charge is 0.311 e. The number of aryl methyl sites for hydroxylation is 1. The minimum Gasteiger partial charge on any atom is -0.311 e. The number of benzene rings is 6. The molecule has 0 amide bonds. The summed E-state index contributed by atoms with van der Waals surface area (Å²) in [7, 11) is 0. The van der Waals surface area contributed by atoms with E-state index < -0.39 is 0 Å². The number of para-hydroxylation sites is 4. The number of anilines is 3. The molecule has 46 heavy (non-hydrogen) atoms. The normalized spacial score (nSPS) is 11.6. The predicted molar refractivity (Wildman–Crippen MR) is 196 cm³/mol. The van der Waals surface area contributed by atoms with Gasteiger partial charge in [-0.2, -0.15) is 0 Å². The first-order chi connectivity index (χ1) is 22.7. The summed E-state index contributed by atoms with van der Waals surface area (Å²) in [5, 5.41) is 3.79. The number of fused-ring (bicyclic) bond motifs is 4. The summed E-state index contributed by atoms with van der Waals surface area (Å²) in [5.74, 6) is 0. The van der Waals surface area contributed by atoms with E-state index in [4.69, 9.17) is 0 Å². The van der Waals surface area contributed by atoms with Crippen LogP contribution < -0.4 is 4.90 Å². The lowest BCUT2D eigenvalue weighted by Gasteiger charge is -2.26. The van der Waals surface area contributed by atoms with Gasteiger partial charge in [0.15, 0.2) is 0 Å². The molecule has 0 spiro atoms. The topological polar surface area (TPSA) is 13.1 Å². The molecule has 0 atom stereocenters. The number of hydrogen-bond acceptors (Lipinski definition) is 1. The number of hydrogen-bond donors (Lipinski definition) is 0. The van der Waals surface area contributed by atoms with Crippen LogP contribution in [0.1, 0.15) is 11.3 Å². The van der Waals surface area contributed by atoms with Gasteiger partial charge in [0.25, 0.3) is 0 Å². The molecule has 8 rings (SSSR count). The van der Waals surface area contributed by atoms with Crippen LogP contribution in [0, 0.1) is 6.92 Å². The monoisotopic (exact) mass is 591 g/mol. The van der Waals surface area contributed by atoms with E-state index in [0.717, 1.165) is 34.1 Å². The maximum Gasteiger partial charge on any atom is 0.0541 e. The summed E-state index contributed by atoms with van der Waals surface area (Å²) in [6, 6.07) is 54.2. The first-order valence-corrected chi connectivity index (χ1v) is 15.7. The molecule has 6 aromatic carbocycles.